The number of phenolic OH excluding ortho intramolecular Hbond substituents is 1. The fraction of sp³-hybridized carbons (Fsp3) is 0.500. The van der Waals surface area contributed by atoms with Crippen molar-refractivity contribution in [1.29, 1.82) is 0 Å². The monoisotopic (exact) mass is 1860 g/mol. The van der Waals surface area contributed by atoms with Gasteiger partial charge in [0.2, 0.25) is 59.1 Å². The molecule has 3 fully saturated rings. The van der Waals surface area contributed by atoms with Crippen LogP contribution < -0.4 is 74.3 Å². The van der Waals surface area contributed by atoms with Gasteiger partial charge in [0.25, 0.3) is 0 Å². The van der Waals surface area contributed by atoms with Crippen LogP contribution in [0.4, 0.5) is 15.3 Å². The molecule has 4 aromatic carbocycles. The first-order chi connectivity index (χ1) is 60.5. The van der Waals surface area contributed by atoms with Crippen molar-refractivity contribution >= 4 is 149 Å². The Bertz CT molecular complexity index is 4810. The molecule has 0 aliphatic carbocycles. The molecule has 4 aliphatic rings. The van der Waals surface area contributed by atoms with Crippen LogP contribution >= 0.6 is 54.8 Å². The first-order valence-electron chi connectivity index (χ1n) is 41.5. The van der Waals surface area contributed by atoms with E-state index in [2.05, 4.69) is 58.2 Å². The Morgan fingerprint density at radius 2 is 1.50 bits per heavy atom. The number of amides is 13. The van der Waals surface area contributed by atoms with Gasteiger partial charge in [0, 0.05) is 106 Å². The number of H-pyrrole nitrogens is 1. The normalized spacial score (nSPS) is 25.8. The Kier molecular flexibility index (Phi) is 37.3. The van der Waals surface area contributed by atoms with E-state index in [1.54, 1.807) is 106 Å². The highest BCUT2D eigenvalue weighted by Crippen LogP contribution is 2.49. The minimum atomic E-state index is -1.96. The van der Waals surface area contributed by atoms with Gasteiger partial charge in [0.1, 0.15) is 94.8 Å². The number of nitrogens with zero attached hydrogens (tertiary/aromatic N) is 2. The molecule has 5 heterocycles. The van der Waals surface area contributed by atoms with Crippen LogP contribution in [0.25, 0.3) is 10.9 Å². The van der Waals surface area contributed by atoms with Gasteiger partial charge in [-0.05, 0) is 119 Å². The number of para-hydroxylation sites is 1. The number of esters is 1. The number of aliphatic hydroxyl groups is 2. The number of hydrogen-bond donors (Lipinski definition) is 16. The van der Waals surface area contributed by atoms with Gasteiger partial charge in [-0.25, -0.2) is 14.4 Å². The summed E-state index contributed by atoms with van der Waals surface area (Å²) in [4.78, 5) is 193. The summed E-state index contributed by atoms with van der Waals surface area (Å²) in [5.74, 6) is -11.2. The van der Waals surface area contributed by atoms with E-state index < -0.39 is 191 Å². The minimum Gasteiger partial charge on any atom is -0.508 e. The number of nitrogens with one attached hydrogen (secondary N) is 11. The highest BCUT2D eigenvalue weighted by Gasteiger charge is 2.65. The first kappa shape index (κ1) is 100. The number of nitrogens with two attached hydrogens (primary N) is 2. The Labute approximate surface area is 756 Å². The van der Waals surface area contributed by atoms with Crippen molar-refractivity contribution in [3.63, 3.8) is 0 Å². The summed E-state index contributed by atoms with van der Waals surface area (Å²) in [5.41, 5.74) is 12.6. The molecular weight excluding hydrogens is 1740 g/mol. The number of urea groups is 1. The summed E-state index contributed by atoms with van der Waals surface area (Å²) in [6.07, 6.45) is -0.601. The third kappa shape index (κ3) is 27.9. The van der Waals surface area contributed by atoms with Crippen molar-refractivity contribution in [2.45, 2.75) is 202 Å². The van der Waals surface area contributed by atoms with Crippen LogP contribution in [0, 0.1) is 5.92 Å². The summed E-state index contributed by atoms with van der Waals surface area (Å²) in [6, 6.07) is 10.6. The van der Waals surface area contributed by atoms with Gasteiger partial charge in [-0.15, -0.1) is 0 Å². The number of anilines is 1. The number of rotatable bonds is 29. The third-order valence-electron chi connectivity index (χ3n) is 22.3. The molecule has 0 saturated carbocycles. The second kappa shape index (κ2) is 47.1. The maximum atomic E-state index is 15.2. The van der Waals surface area contributed by atoms with Crippen molar-refractivity contribution < 1.29 is 101 Å². The summed E-state index contributed by atoms with van der Waals surface area (Å²) in [7, 11) is 9.61. The molecule has 41 heteroatoms. The Balaban J connectivity index is 0.933. The van der Waals surface area contributed by atoms with Gasteiger partial charge in [-0.3, -0.25) is 53.3 Å². The summed E-state index contributed by atoms with van der Waals surface area (Å²) >= 11 is 6.90. The average molecular weight is 1860 g/mol. The molecule has 0 radical (unpaired) electrons. The largest absolute Gasteiger partial charge is 0.508 e. The number of ether oxygens (including phenoxy) is 5. The number of carbonyl (C=O) groups is 13. The van der Waals surface area contributed by atoms with E-state index in [-0.39, 0.29) is 97.5 Å². The molecule has 3 saturated heterocycles. The van der Waals surface area contributed by atoms with E-state index in [1.807, 2.05) is 13.0 Å². The Morgan fingerprint density at radius 1 is 0.827 bits per heavy atom. The maximum absolute atomic E-state index is 15.2. The fourth-order valence-electron chi connectivity index (χ4n) is 14.8. The predicted molar refractivity (Wildman–Crippen MR) is 483 cm³/mol. The van der Waals surface area contributed by atoms with Crippen LogP contribution in [0.2, 0.25) is 5.02 Å². The fourth-order valence-corrected chi connectivity index (χ4v) is 19.6. The number of unbranched alkanes of at least 4 members (excludes halogenated alkanes) is 1. The molecule has 1 aromatic heterocycles. The number of aromatic hydroxyl groups is 1. The van der Waals surface area contributed by atoms with E-state index in [9.17, 15) is 63.3 Å². The number of hydrogen-bond acceptors (Lipinski definition) is 26. The van der Waals surface area contributed by atoms with Crippen molar-refractivity contribution in [2.24, 2.45) is 17.4 Å². The Hall–Kier alpha value is -10.3. The number of aromatic nitrogens is 1. The van der Waals surface area contributed by atoms with Crippen molar-refractivity contribution in [3.05, 3.63) is 148 Å². The number of primary amides is 1. The van der Waals surface area contributed by atoms with E-state index in [0.29, 0.717) is 46.0 Å². The maximum Gasteiger partial charge on any atom is 0.409 e. The van der Waals surface area contributed by atoms with Crippen LogP contribution in [0.5, 0.6) is 11.5 Å². The van der Waals surface area contributed by atoms with Crippen molar-refractivity contribution in [3.8, 4) is 11.5 Å². The number of phenols is 1. The lowest BCUT2D eigenvalue weighted by Gasteiger charge is -2.42. The minimum absolute atomic E-state index is 0.0540. The zero-order valence-corrected chi connectivity index (χ0v) is 76.2. The number of likely N-dealkylation sites (N-methyl/N-ethyl adjacent to an activating group) is 1. The number of aliphatic hydroxyl groups excluding tert-OH is 1. The lowest BCUT2D eigenvalue weighted by molar-refractivity contribution is -0.162. The number of allylic oxidation sites excluding steroid dienone is 3. The van der Waals surface area contributed by atoms with E-state index >= 15 is 14.4 Å². The number of alkyl carbamates (subject to hydrolysis) is 1. The molecule has 690 valence electrons. The van der Waals surface area contributed by atoms with Crippen molar-refractivity contribution in [2.75, 3.05) is 69.3 Å². The van der Waals surface area contributed by atoms with Crippen LogP contribution in [-0.4, -0.2) is 263 Å². The van der Waals surface area contributed by atoms with E-state index in [0.717, 1.165) is 53.6 Å². The topological polar surface area (TPSA) is 527 Å². The van der Waals surface area contributed by atoms with Crippen LogP contribution in [0.3, 0.4) is 0 Å². The van der Waals surface area contributed by atoms with Crippen LogP contribution in [0.1, 0.15) is 102 Å². The number of carbonyl (C=O) groups excluding carboxylic acids is 13. The molecule has 17 atom stereocenters. The number of aromatic amines is 1. The van der Waals surface area contributed by atoms with E-state index in [4.69, 9.17) is 46.8 Å². The third-order valence-corrected chi connectivity index (χ3v) is 27.6. The SMILES string of the molecule is CCNC(=O)N[C@H](Cc1ccccc1)C(=O)N[C@H]1CSSC[C@@H](C(=O)N[C@@H](CSSCCC(=O)N(C)[C@@H](C)C(=O)O[C@H]2CC(=O)N(C)c3cc(cc(OC)c3Cl)C/C(C)=C/C=C/[C@@H](OC)[C@@]3(O)C[C@H](OC(=O)N3)[C@@H](C)C3O[C@]32C)C(N)=O)NC(=O)[C@H]([C@@H](C)O)NC(=O)[C@H](CCCCN)NC(=O)[C@@H](Cc2c[nH]c3ccccc23)NC(=O)[C@H](Cc2ccc(O)cc2)NC1=O. The molecule has 4 bridgehead atoms. The number of benzene rings is 4. The van der Waals surface area contributed by atoms with Gasteiger partial charge in [-0.1, -0.05) is 146 Å². The number of fused-ring (bicyclic) bond motifs is 6. The van der Waals surface area contributed by atoms with Gasteiger partial charge < -0.3 is 113 Å². The molecule has 36 nitrogen and oxygen atoms in total. The molecule has 4 aliphatic heterocycles. The summed E-state index contributed by atoms with van der Waals surface area (Å²) in [6.45, 7) is 9.89. The van der Waals surface area contributed by atoms with Crippen LogP contribution in [-0.2, 0) is 97.4 Å². The molecule has 127 heavy (non-hydrogen) atoms. The van der Waals surface area contributed by atoms with E-state index in [1.165, 1.54) is 71.3 Å². The van der Waals surface area contributed by atoms with Gasteiger partial charge in [0.05, 0.1) is 31.4 Å². The smallest absolute Gasteiger partial charge is 0.409 e. The average Bonchev–Trinajstić information content (AvgIpc) is 1.57. The second-order valence-corrected chi connectivity index (χ2v) is 37.3. The second-order valence-electron chi connectivity index (χ2n) is 31.8. The zero-order chi connectivity index (χ0) is 92.6. The predicted octanol–water partition coefficient (Wildman–Crippen LogP) is 3.67. The number of halogens is 1. The molecule has 9 rings (SSSR count). The molecule has 1 unspecified atom stereocenters. The first-order valence-corrected chi connectivity index (χ1v) is 46.9. The lowest BCUT2D eigenvalue weighted by Crippen LogP contribution is -2.63. The lowest BCUT2D eigenvalue weighted by atomic mass is 9.83. The standard InChI is InChI=1S/C86H114ClN15O21S4/c1-11-90-83(116)98-59(35-50-21-13-12-14-22-50)77(110)96-62-44-126-127-45-63(97-81(114)72(49(5)103)99-75(108)57(25-17-18-32-88)92-78(111)60(39-53-42-91-56-24-16-15-23-55(53)56)94-76(109)58(93-79(62)112)36-51-27-29-54(104)30-28-51)80(113)95-61(74(89)107)43-125-124-33-31-69(105)101(7)48(4)82(115)122-68-40-70(106)102(8)64-37-52(38-65(119-9)71(64)87)34-46(2)20-19-26-67(120-10)86(118)41-66(121-84(117)100-86)47(3)73-85(68,6)123-73/h12-16,19-24,26-30,37-38,42,47-49,57-63,66-68,72-73,91,103-104,118H,11,17-18,25,31-36,39-41,43-45,88H2,1-10H3,(H2,89,107)(H,92,111)(H,93,112)(H,94,109)(H,95,113)(H,96,110)(H,97,114)(H,99,108)(H,100,117)(H2,90,98,116)/b26-19+,46-20+/t47-,48+,49-,57+,58+,59-,60-,61+,62+,63+,66+,67-,68+,72+,73?,85+,86+/m1/s1. The highest BCUT2D eigenvalue weighted by molar-refractivity contribution is 8.77. The molecule has 5 aromatic rings. The summed E-state index contributed by atoms with van der Waals surface area (Å²) in [5, 5.41) is 61.1. The number of epoxide rings is 1. The van der Waals surface area contributed by atoms with Crippen LogP contribution in [0.15, 0.2) is 121 Å². The molecule has 0 spiro atoms. The molecule has 13 amide bonds. The highest BCUT2D eigenvalue weighted by atomic mass is 35.5. The Morgan fingerprint density at radius 3 is 2.19 bits per heavy atom. The van der Waals surface area contributed by atoms with Gasteiger partial charge in [-0.2, -0.15) is 0 Å². The summed E-state index contributed by atoms with van der Waals surface area (Å²) < 4.78 is 29.7. The van der Waals surface area contributed by atoms with Crippen molar-refractivity contribution in [1.82, 2.24) is 63.1 Å². The number of methoxy groups -OCH3 is 2. The van der Waals surface area contributed by atoms with Gasteiger partial charge in [0.15, 0.2) is 5.72 Å². The zero-order valence-electron chi connectivity index (χ0n) is 72.2. The molecule has 18 N–H and O–H groups in total. The van der Waals surface area contributed by atoms with Gasteiger partial charge >= 0.3 is 18.1 Å². The molecular formula is C86H114ClN15O21S4. The quantitative estimate of drug-likeness (QED) is 0.0140.